The Labute approximate surface area is 169 Å². The number of amides is 1. The molecular formula is C21H28FN3O4. The molecule has 0 spiro atoms. The Morgan fingerprint density at radius 3 is 2.66 bits per heavy atom. The van der Waals surface area contributed by atoms with Crippen LogP contribution in [0.15, 0.2) is 29.3 Å². The lowest BCUT2D eigenvalue weighted by Crippen LogP contribution is -2.46. The molecule has 0 radical (unpaired) electrons. The van der Waals surface area contributed by atoms with E-state index in [9.17, 15) is 14.7 Å². The zero-order valence-electron chi connectivity index (χ0n) is 17.2. The number of halogens is 1. The van der Waals surface area contributed by atoms with Crippen molar-refractivity contribution in [2.24, 2.45) is 0 Å². The third kappa shape index (κ3) is 5.25. The largest absolute Gasteiger partial charge is 0.508 e. The predicted octanol–water partition coefficient (Wildman–Crippen LogP) is 3.62. The number of aromatic hydroxyl groups is 1. The summed E-state index contributed by atoms with van der Waals surface area (Å²) in [4.78, 5) is 30.4. The van der Waals surface area contributed by atoms with Gasteiger partial charge in [-0.05, 0) is 64.7 Å². The minimum absolute atomic E-state index is 0.00797. The Morgan fingerprint density at radius 2 is 2.00 bits per heavy atom. The number of carbonyl (C=O) groups is 1. The molecule has 0 saturated carbocycles. The first-order valence-corrected chi connectivity index (χ1v) is 9.91. The SMILES string of the molecule is CC(C)(C)OC(=O)N1CCC(F)(CCCn2cnc3ccc(O)cc3c2=O)CC1. The molecule has 1 saturated heterocycles. The smallest absolute Gasteiger partial charge is 0.410 e. The fraction of sp³-hybridized carbons (Fsp3) is 0.571. The second kappa shape index (κ2) is 8.00. The van der Waals surface area contributed by atoms with E-state index in [2.05, 4.69) is 4.98 Å². The molecule has 1 amide bonds. The number of nitrogens with zero attached hydrogens (tertiary/aromatic N) is 3. The maximum atomic E-state index is 15.1. The van der Waals surface area contributed by atoms with E-state index in [1.807, 2.05) is 0 Å². The summed E-state index contributed by atoms with van der Waals surface area (Å²) in [6.45, 7) is 6.40. The molecule has 1 fully saturated rings. The topological polar surface area (TPSA) is 84.7 Å². The first kappa shape index (κ1) is 21.1. The Balaban J connectivity index is 1.55. The van der Waals surface area contributed by atoms with E-state index < -0.39 is 17.4 Å². The summed E-state index contributed by atoms with van der Waals surface area (Å²) >= 11 is 0. The Morgan fingerprint density at radius 1 is 1.31 bits per heavy atom. The molecule has 0 bridgehead atoms. The van der Waals surface area contributed by atoms with Crippen molar-refractivity contribution in [2.45, 2.75) is 64.3 Å². The van der Waals surface area contributed by atoms with Crippen LogP contribution in [-0.2, 0) is 11.3 Å². The number of phenols is 1. The number of rotatable bonds is 4. The number of piperidine rings is 1. The lowest BCUT2D eigenvalue weighted by molar-refractivity contribution is 0.000838. The van der Waals surface area contributed by atoms with Crippen LogP contribution in [0.1, 0.15) is 46.5 Å². The van der Waals surface area contributed by atoms with Gasteiger partial charge in [-0.15, -0.1) is 0 Å². The fourth-order valence-corrected chi connectivity index (χ4v) is 3.54. The molecule has 3 rings (SSSR count). The summed E-state index contributed by atoms with van der Waals surface area (Å²) in [6, 6.07) is 4.46. The van der Waals surface area contributed by atoms with Gasteiger partial charge in [0, 0.05) is 19.6 Å². The van der Waals surface area contributed by atoms with Crippen molar-refractivity contribution >= 4 is 17.0 Å². The summed E-state index contributed by atoms with van der Waals surface area (Å²) in [5.41, 5.74) is -1.66. The molecule has 8 heteroatoms. The van der Waals surface area contributed by atoms with Crippen LogP contribution < -0.4 is 5.56 Å². The van der Waals surface area contributed by atoms with E-state index in [0.717, 1.165) is 0 Å². The van der Waals surface area contributed by atoms with Gasteiger partial charge in [-0.25, -0.2) is 14.2 Å². The van der Waals surface area contributed by atoms with Crippen LogP contribution in [0.4, 0.5) is 9.18 Å². The van der Waals surface area contributed by atoms with Gasteiger partial charge < -0.3 is 14.7 Å². The van der Waals surface area contributed by atoms with Gasteiger partial charge in [0.1, 0.15) is 17.0 Å². The van der Waals surface area contributed by atoms with Gasteiger partial charge in [-0.2, -0.15) is 0 Å². The maximum absolute atomic E-state index is 15.1. The normalized spacial score (nSPS) is 16.8. The van der Waals surface area contributed by atoms with Crippen molar-refractivity contribution in [2.75, 3.05) is 13.1 Å². The summed E-state index contributed by atoms with van der Waals surface area (Å²) in [5.74, 6) is 0.00797. The fourth-order valence-electron chi connectivity index (χ4n) is 3.54. The zero-order chi connectivity index (χ0) is 21.2. The Kier molecular flexibility index (Phi) is 5.82. The van der Waals surface area contributed by atoms with Gasteiger partial charge >= 0.3 is 6.09 Å². The molecule has 0 unspecified atom stereocenters. The number of aromatic nitrogens is 2. The Bertz CT molecular complexity index is 943. The van der Waals surface area contributed by atoms with Gasteiger partial charge in [-0.1, -0.05) is 0 Å². The van der Waals surface area contributed by atoms with Crippen molar-refractivity contribution < 1.29 is 19.0 Å². The highest BCUT2D eigenvalue weighted by Gasteiger charge is 2.36. The van der Waals surface area contributed by atoms with E-state index in [1.54, 1.807) is 31.7 Å². The van der Waals surface area contributed by atoms with E-state index in [1.165, 1.54) is 23.0 Å². The molecule has 7 nitrogen and oxygen atoms in total. The molecule has 1 N–H and O–H groups in total. The minimum atomic E-state index is -1.36. The molecule has 2 aromatic rings. The standard InChI is InChI=1S/C21H28FN3O4/c1-20(2,3)29-19(28)24-11-8-21(22,9-12-24)7-4-10-25-14-23-17-6-5-15(26)13-16(17)18(25)27/h5-6,13-14,26H,4,7-12H2,1-3H3. The van der Waals surface area contributed by atoms with E-state index in [4.69, 9.17) is 4.74 Å². The minimum Gasteiger partial charge on any atom is -0.508 e. The summed E-state index contributed by atoms with van der Waals surface area (Å²) < 4.78 is 21.9. The number of alkyl halides is 1. The highest BCUT2D eigenvalue weighted by Crippen LogP contribution is 2.32. The molecule has 0 aliphatic carbocycles. The number of aryl methyl sites for hydroxylation is 1. The zero-order valence-corrected chi connectivity index (χ0v) is 17.2. The van der Waals surface area contributed by atoms with Crippen LogP contribution in [0.3, 0.4) is 0 Å². The molecule has 1 aromatic heterocycles. The third-order valence-corrected chi connectivity index (χ3v) is 5.14. The van der Waals surface area contributed by atoms with Crippen molar-refractivity contribution in [3.8, 4) is 5.75 Å². The second-order valence-corrected chi connectivity index (χ2v) is 8.67. The maximum Gasteiger partial charge on any atom is 0.410 e. The quantitative estimate of drug-likeness (QED) is 0.840. The molecule has 1 aliphatic heterocycles. The number of fused-ring (bicyclic) bond motifs is 1. The van der Waals surface area contributed by atoms with Crippen molar-refractivity contribution in [1.29, 1.82) is 0 Å². The third-order valence-electron chi connectivity index (χ3n) is 5.14. The van der Waals surface area contributed by atoms with Crippen molar-refractivity contribution in [3.05, 3.63) is 34.9 Å². The highest BCUT2D eigenvalue weighted by molar-refractivity contribution is 5.78. The lowest BCUT2D eigenvalue weighted by atomic mass is 9.89. The van der Waals surface area contributed by atoms with Gasteiger partial charge in [0.2, 0.25) is 0 Å². The van der Waals surface area contributed by atoms with Crippen LogP contribution >= 0.6 is 0 Å². The van der Waals surface area contributed by atoms with Gasteiger partial charge in [0.25, 0.3) is 5.56 Å². The van der Waals surface area contributed by atoms with Crippen LogP contribution in [0, 0.1) is 0 Å². The number of hydrogen-bond acceptors (Lipinski definition) is 5. The van der Waals surface area contributed by atoms with Crippen LogP contribution in [0.2, 0.25) is 0 Å². The number of phenolic OH excluding ortho intramolecular Hbond substituents is 1. The van der Waals surface area contributed by atoms with Gasteiger partial charge in [-0.3, -0.25) is 9.36 Å². The number of hydrogen-bond donors (Lipinski definition) is 1. The number of likely N-dealkylation sites (tertiary alicyclic amines) is 1. The summed E-state index contributed by atoms with van der Waals surface area (Å²) in [7, 11) is 0. The number of carbonyl (C=O) groups excluding carboxylic acids is 1. The second-order valence-electron chi connectivity index (χ2n) is 8.67. The summed E-state index contributed by atoms with van der Waals surface area (Å²) in [6.07, 6.45) is 2.35. The highest BCUT2D eigenvalue weighted by atomic mass is 19.1. The lowest BCUT2D eigenvalue weighted by Gasteiger charge is -2.37. The molecule has 29 heavy (non-hydrogen) atoms. The molecular weight excluding hydrogens is 377 g/mol. The summed E-state index contributed by atoms with van der Waals surface area (Å²) in [5, 5.41) is 9.93. The molecule has 2 heterocycles. The molecule has 0 atom stereocenters. The molecule has 158 valence electrons. The first-order chi connectivity index (χ1) is 13.6. The number of benzene rings is 1. The van der Waals surface area contributed by atoms with Crippen LogP contribution in [0.25, 0.3) is 10.9 Å². The van der Waals surface area contributed by atoms with E-state index in [0.29, 0.717) is 43.4 Å². The first-order valence-electron chi connectivity index (χ1n) is 9.91. The average molecular weight is 405 g/mol. The van der Waals surface area contributed by atoms with Gasteiger partial charge in [0.05, 0.1) is 17.2 Å². The molecule has 1 aliphatic rings. The van der Waals surface area contributed by atoms with Crippen molar-refractivity contribution in [1.82, 2.24) is 14.5 Å². The monoisotopic (exact) mass is 405 g/mol. The van der Waals surface area contributed by atoms with Crippen molar-refractivity contribution in [3.63, 3.8) is 0 Å². The average Bonchev–Trinajstić information content (AvgIpc) is 2.63. The van der Waals surface area contributed by atoms with Crippen LogP contribution in [0.5, 0.6) is 5.75 Å². The Hall–Kier alpha value is -2.64. The van der Waals surface area contributed by atoms with E-state index >= 15 is 4.39 Å². The molecule has 1 aromatic carbocycles. The number of ether oxygens (including phenoxy) is 1. The van der Waals surface area contributed by atoms with Gasteiger partial charge in [0.15, 0.2) is 0 Å². The van der Waals surface area contributed by atoms with Crippen LogP contribution in [-0.4, -0.2) is 50.0 Å². The van der Waals surface area contributed by atoms with E-state index in [-0.39, 0.29) is 24.2 Å². The predicted molar refractivity (Wildman–Crippen MR) is 108 cm³/mol.